The standard InChI is InChI=1S/C26H27ClN6O4S/c1-28-10-11-33-25(34)9-8-23(30-33)20-4-2-3-5-21(20)26(35)31-12-14-32(15-13-31)38(36,37)24-17-18-16-19(27)6-7-22(18)29-24/h2-9,16-17,28-29H,10-15H2,1H3. The van der Waals surface area contributed by atoms with Crippen LogP contribution in [0.3, 0.4) is 0 Å². The molecule has 0 unspecified atom stereocenters. The number of H-pyrrole nitrogens is 1. The summed E-state index contributed by atoms with van der Waals surface area (Å²) in [4.78, 5) is 30.3. The number of amides is 1. The fraction of sp³-hybridized carbons (Fsp3) is 0.269. The van der Waals surface area contributed by atoms with Crippen LogP contribution in [0.15, 0.2) is 70.5 Å². The minimum absolute atomic E-state index is 0.0966. The summed E-state index contributed by atoms with van der Waals surface area (Å²) >= 11 is 6.04. The number of aromatic amines is 1. The van der Waals surface area contributed by atoms with Gasteiger partial charge in [-0.1, -0.05) is 29.8 Å². The number of sulfonamides is 1. The molecule has 0 saturated carbocycles. The molecule has 2 aromatic carbocycles. The Bertz CT molecular complexity index is 1660. The number of benzene rings is 2. The SMILES string of the molecule is CNCCn1nc(-c2ccccc2C(=O)N2CCN(S(=O)(=O)c3cc4cc(Cl)ccc4[nH]3)CC2)ccc1=O. The lowest BCUT2D eigenvalue weighted by molar-refractivity contribution is 0.0698. The Morgan fingerprint density at radius 1 is 1.05 bits per heavy atom. The zero-order valence-corrected chi connectivity index (χ0v) is 22.3. The number of carbonyl (C=O) groups excluding carboxylic acids is 1. The van der Waals surface area contributed by atoms with Gasteiger partial charge in [-0.3, -0.25) is 9.59 Å². The van der Waals surface area contributed by atoms with E-state index in [1.165, 1.54) is 15.1 Å². The maximum atomic E-state index is 13.5. The van der Waals surface area contributed by atoms with Crippen LogP contribution in [0.1, 0.15) is 10.4 Å². The molecule has 1 aliphatic heterocycles. The molecule has 0 bridgehead atoms. The molecule has 1 aliphatic rings. The maximum Gasteiger partial charge on any atom is 0.266 e. The molecule has 10 nitrogen and oxygen atoms in total. The number of hydrogen-bond donors (Lipinski definition) is 2. The third-order valence-electron chi connectivity index (χ3n) is 6.58. The largest absolute Gasteiger partial charge is 0.345 e. The van der Waals surface area contributed by atoms with Crippen LogP contribution in [0.2, 0.25) is 5.02 Å². The molecular weight excluding hydrogens is 528 g/mol. The lowest BCUT2D eigenvalue weighted by atomic mass is 10.0. The van der Waals surface area contributed by atoms with E-state index >= 15 is 0 Å². The van der Waals surface area contributed by atoms with E-state index in [0.717, 1.165) is 0 Å². The number of carbonyl (C=O) groups is 1. The Hall–Kier alpha value is -3.51. The molecule has 5 rings (SSSR count). The Morgan fingerprint density at radius 3 is 2.58 bits per heavy atom. The summed E-state index contributed by atoms with van der Waals surface area (Å²) < 4.78 is 29.3. The number of nitrogens with zero attached hydrogens (tertiary/aromatic N) is 4. The molecule has 1 saturated heterocycles. The molecule has 198 valence electrons. The van der Waals surface area contributed by atoms with E-state index in [1.54, 1.807) is 60.5 Å². The monoisotopic (exact) mass is 554 g/mol. The first-order valence-electron chi connectivity index (χ1n) is 12.2. The van der Waals surface area contributed by atoms with Crippen molar-refractivity contribution in [2.24, 2.45) is 0 Å². The van der Waals surface area contributed by atoms with E-state index in [4.69, 9.17) is 11.6 Å². The Kier molecular flexibility index (Phi) is 7.35. The molecule has 4 aromatic rings. The van der Waals surface area contributed by atoms with Gasteiger partial charge in [0.25, 0.3) is 21.5 Å². The van der Waals surface area contributed by atoms with E-state index in [9.17, 15) is 18.0 Å². The van der Waals surface area contributed by atoms with Gasteiger partial charge in [0.15, 0.2) is 0 Å². The minimum Gasteiger partial charge on any atom is -0.345 e. The van der Waals surface area contributed by atoms with E-state index < -0.39 is 10.0 Å². The fourth-order valence-corrected chi connectivity index (χ4v) is 6.14. The highest BCUT2D eigenvalue weighted by molar-refractivity contribution is 7.89. The van der Waals surface area contributed by atoms with Gasteiger partial charge in [0.05, 0.1) is 12.2 Å². The lowest BCUT2D eigenvalue weighted by Gasteiger charge is -2.34. The first-order chi connectivity index (χ1) is 18.3. The van der Waals surface area contributed by atoms with Crippen molar-refractivity contribution in [2.75, 3.05) is 39.8 Å². The van der Waals surface area contributed by atoms with Crippen molar-refractivity contribution in [1.82, 2.24) is 29.3 Å². The van der Waals surface area contributed by atoms with Crippen LogP contribution in [-0.2, 0) is 16.6 Å². The van der Waals surface area contributed by atoms with Crippen LogP contribution in [0.4, 0.5) is 0 Å². The first-order valence-corrected chi connectivity index (χ1v) is 14.0. The molecule has 0 atom stereocenters. The second kappa shape index (κ2) is 10.7. The van der Waals surface area contributed by atoms with Crippen molar-refractivity contribution < 1.29 is 13.2 Å². The number of rotatable bonds is 7. The third kappa shape index (κ3) is 5.10. The van der Waals surface area contributed by atoms with Crippen molar-refractivity contribution in [3.63, 3.8) is 0 Å². The molecule has 2 aromatic heterocycles. The number of fused-ring (bicyclic) bond motifs is 1. The minimum atomic E-state index is -3.77. The third-order valence-corrected chi connectivity index (χ3v) is 8.63. The topological polar surface area (TPSA) is 120 Å². The molecule has 1 fully saturated rings. The van der Waals surface area contributed by atoms with Crippen LogP contribution in [0, 0.1) is 0 Å². The average Bonchev–Trinajstić information content (AvgIpc) is 3.36. The molecular formula is C26H27ClN6O4S. The summed E-state index contributed by atoms with van der Waals surface area (Å²) in [7, 11) is -1.97. The van der Waals surface area contributed by atoms with E-state index in [-0.39, 0.29) is 42.7 Å². The summed E-state index contributed by atoms with van der Waals surface area (Å²) in [5, 5.41) is 8.80. The number of piperazine rings is 1. The second-order valence-corrected chi connectivity index (χ2v) is 11.3. The fourth-order valence-electron chi connectivity index (χ4n) is 4.52. The molecule has 38 heavy (non-hydrogen) atoms. The molecule has 2 N–H and O–H groups in total. The van der Waals surface area contributed by atoms with Gasteiger partial charge in [0.1, 0.15) is 5.03 Å². The molecule has 0 radical (unpaired) electrons. The van der Waals surface area contributed by atoms with Crippen molar-refractivity contribution >= 4 is 38.4 Å². The van der Waals surface area contributed by atoms with Crippen molar-refractivity contribution in [3.05, 3.63) is 81.6 Å². The van der Waals surface area contributed by atoms with Crippen LogP contribution in [-0.4, -0.2) is 78.1 Å². The molecule has 0 spiro atoms. The smallest absolute Gasteiger partial charge is 0.266 e. The summed E-state index contributed by atoms with van der Waals surface area (Å²) in [5.41, 5.74) is 2.04. The summed E-state index contributed by atoms with van der Waals surface area (Å²) in [6.07, 6.45) is 0. The van der Waals surface area contributed by atoms with Crippen molar-refractivity contribution in [1.29, 1.82) is 0 Å². The lowest BCUT2D eigenvalue weighted by Crippen LogP contribution is -2.50. The molecule has 0 aliphatic carbocycles. The van der Waals surface area contributed by atoms with Gasteiger partial charge in [-0.2, -0.15) is 9.40 Å². The van der Waals surface area contributed by atoms with Gasteiger partial charge >= 0.3 is 0 Å². The highest BCUT2D eigenvalue weighted by Crippen LogP contribution is 2.26. The van der Waals surface area contributed by atoms with Crippen molar-refractivity contribution in [3.8, 4) is 11.3 Å². The maximum absolute atomic E-state index is 13.5. The predicted molar refractivity (Wildman–Crippen MR) is 146 cm³/mol. The predicted octanol–water partition coefficient (Wildman–Crippen LogP) is 2.41. The number of nitrogens with one attached hydrogen (secondary N) is 2. The van der Waals surface area contributed by atoms with E-state index in [0.29, 0.717) is 45.8 Å². The zero-order chi connectivity index (χ0) is 26.9. The highest BCUT2D eigenvalue weighted by atomic mass is 35.5. The van der Waals surface area contributed by atoms with E-state index in [1.807, 2.05) is 6.07 Å². The van der Waals surface area contributed by atoms with Gasteiger partial charge in [0.2, 0.25) is 0 Å². The van der Waals surface area contributed by atoms with Gasteiger partial charge in [-0.25, -0.2) is 13.1 Å². The van der Waals surface area contributed by atoms with Gasteiger partial charge in [0, 0.05) is 65.8 Å². The van der Waals surface area contributed by atoms with Crippen molar-refractivity contribution in [2.45, 2.75) is 11.6 Å². The number of hydrogen-bond acceptors (Lipinski definition) is 6. The highest BCUT2D eigenvalue weighted by Gasteiger charge is 2.32. The van der Waals surface area contributed by atoms with Crippen LogP contribution in [0.5, 0.6) is 0 Å². The van der Waals surface area contributed by atoms with Gasteiger partial charge in [-0.05, 0) is 43.4 Å². The van der Waals surface area contributed by atoms with Crippen LogP contribution < -0.4 is 10.9 Å². The zero-order valence-electron chi connectivity index (χ0n) is 20.7. The molecule has 3 heterocycles. The number of aromatic nitrogens is 3. The first kappa shape index (κ1) is 26.1. The Morgan fingerprint density at radius 2 is 1.82 bits per heavy atom. The Labute approximate surface area is 224 Å². The van der Waals surface area contributed by atoms with Gasteiger partial charge < -0.3 is 15.2 Å². The van der Waals surface area contributed by atoms with E-state index in [2.05, 4.69) is 15.4 Å². The quantitative estimate of drug-likeness (QED) is 0.362. The molecule has 1 amide bonds. The summed E-state index contributed by atoms with van der Waals surface area (Å²) in [6, 6.07) is 16.9. The van der Waals surface area contributed by atoms with Gasteiger partial charge in [-0.15, -0.1) is 0 Å². The number of halogens is 1. The molecule has 12 heteroatoms. The summed E-state index contributed by atoms with van der Waals surface area (Å²) in [5.74, 6) is -0.215. The second-order valence-electron chi connectivity index (χ2n) is 8.99. The van der Waals surface area contributed by atoms with Crippen LogP contribution >= 0.6 is 11.6 Å². The number of likely N-dealkylation sites (N-methyl/N-ethyl adjacent to an activating group) is 1. The average molecular weight is 555 g/mol. The van der Waals surface area contributed by atoms with Crippen LogP contribution in [0.25, 0.3) is 22.2 Å². The summed E-state index contributed by atoms with van der Waals surface area (Å²) in [6.45, 7) is 1.80. The Balaban J connectivity index is 1.33. The normalized spacial score (nSPS) is 14.7.